The molecule has 0 radical (unpaired) electrons. The van der Waals surface area contributed by atoms with Gasteiger partial charge in [-0.25, -0.2) is 0 Å². The molecule has 0 spiro atoms. The molecular formula is C16H17N3O2. The Kier molecular flexibility index (Phi) is 4.72. The van der Waals surface area contributed by atoms with Crippen LogP contribution in [0, 0.1) is 17.2 Å². The molecule has 2 rings (SSSR count). The Bertz CT molecular complexity index is 594. The number of hydrogen-bond acceptors (Lipinski definition) is 3. The van der Waals surface area contributed by atoms with Crippen molar-refractivity contribution in [2.24, 2.45) is 11.7 Å². The number of carbonyl (C=O) groups excluding carboxylic acids is 2. The normalized spacial score (nSPS) is 16.3. The van der Waals surface area contributed by atoms with Crippen molar-refractivity contribution in [3.05, 3.63) is 41.5 Å². The van der Waals surface area contributed by atoms with Crippen molar-refractivity contribution in [1.29, 1.82) is 5.26 Å². The van der Waals surface area contributed by atoms with E-state index in [1.54, 1.807) is 11.0 Å². The summed E-state index contributed by atoms with van der Waals surface area (Å²) in [6.07, 6.45) is 2.71. The van der Waals surface area contributed by atoms with Crippen molar-refractivity contribution in [2.75, 3.05) is 13.1 Å². The van der Waals surface area contributed by atoms with Crippen LogP contribution in [0.2, 0.25) is 0 Å². The summed E-state index contributed by atoms with van der Waals surface area (Å²) < 4.78 is 0. The van der Waals surface area contributed by atoms with Gasteiger partial charge in [0.15, 0.2) is 0 Å². The lowest BCUT2D eigenvalue weighted by Crippen LogP contribution is -2.42. The van der Waals surface area contributed by atoms with E-state index in [0.717, 1.165) is 5.56 Å². The molecule has 0 atom stereocenters. The highest BCUT2D eigenvalue weighted by atomic mass is 16.2. The predicted octanol–water partition coefficient (Wildman–Crippen LogP) is 1.32. The van der Waals surface area contributed by atoms with Crippen molar-refractivity contribution in [1.82, 2.24) is 4.90 Å². The summed E-state index contributed by atoms with van der Waals surface area (Å²) in [4.78, 5) is 25.1. The van der Waals surface area contributed by atoms with Crippen LogP contribution < -0.4 is 5.73 Å². The Balaban J connectivity index is 2.07. The van der Waals surface area contributed by atoms with Crippen LogP contribution in [-0.2, 0) is 9.59 Å². The monoisotopic (exact) mass is 283 g/mol. The third-order valence-corrected chi connectivity index (χ3v) is 3.65. The first kappa shape index (κ1) is 14.8. The smallest absolute Gasteiger partial charge is 0.264 e. The summed E-state index contributed by atoms with van der Waals surface area (Å²) in [7, 11) is 0. The standard InChI is InChI=1S/C16H17N3O2/c17-11-14(10-12-4-2-1-3-5-12)16(21)19-8-6-13(7-9-19)15(18)20/h1-5,10,13H,6-9H2,(H2,18,20). The number of rotatable bonds is 3. The second-order valence-electron chi connectivity index (χ2n) is 5.05. The van der Waals surface area contributed by atoms with Gasteiger partial charge in [-0.2, -0.15) is 5.26 Å². The summed E-state index contributed by atoms with van der Waals surface area (Å²) in [6.45, 7) is 0.917. The van der Waals surface area contributed by atoms with E-state index in [4.69, 9.17) is 5.73 Å². The number of likely N-dealkylation sites (tertiary alicyclic amines) is 1. The maximum absolute atomic E-state index is 12.3. The quantitative estimate of drug-likeness (QED) is 0.670. The molecule has 5 nitrogen and oxygen atoms in total. The zero-order chi connectivity index (χ0) is 15.2. The highest BCUT2D eigenvalue weighted by Gasteiger charge is 2.27. The molecule has 0 saturated carbocycles. The average molecular weight is 283 g/mol. The van der Waals surface area contributed by atoms with Crippen molar-refractivity contribution in [2.45, 2.75) is 12.8 Å². The minimum atomic E-state index is -0.317. The van der Waals surface area contributed by atoms with Gasteiger partial charge in [0, 0.05) is 19.0 Å². The molecule has 5 heteroatoms. The summed E-state index contributed by atoms with van der Waals surface area (Å²) in [5.41, 5.74) is 6.19. The van der Waals surface area contributed by atoms with Crippen molar-refractivity contribution in [3.63, 3.8) is 0 Å². The molecule has 1 fully saturated rings. The van der Waals surface area contributed by atoms with Crippen LogP contribution >= 0.6 is 0 Å². The number of amides is 2. The van der Waals surface area contributed by atoms with Crippen LogP contribution in [0.5, 0.6) is 0 Å². The van der Waals surface area contributed by atoms with Gasteiger partial charge in [-0.05, 0) is 24.5 Å². The number of hydrogen-bond donors (Lipinski definition) is 1. The summed E-state index contributed by atoms with van der Waals surface area (Å²) >= 11 is 0. The minimum absolute atomic E-state index is 0.110. The van der Waals surface area contributed by atoms with Gasteiger partial charge in [0.05, 0.1) is 0 Å². The van der Waals surface area contributed by atoms with Crippen molar-refractivity contribution >= 4 is 17.9 Å². The first-order chi connectivity index (χ1) is 10.1. The molecular weight excluding hydrogens is 266 g/mol. The molecule has 1 aromatic carbocycles. The summed E-state index contributed by atoms with van der Waals surface area (Å²) in [5, 5.41) is 9.19. The third kappa shape index (κ3) is 3.69. The van der Waals surface area contributed by atoms with Gasteiger partial charge in [-0.1, -0.05) is 30.3 Å². The van der Waals surface area contributed by atoms with E-state index in [-0.39, 0.29) is 23.3 Å². The lowest BCUT2D eigenvalue weighted by Gasteiger charge is -2.30. The number of primary amides is 1. The molecule has 0 bridgehead atoms. The summed E-state index contributed by atoms with van der Waals surface area (Å²) in [6, 6.07) is 11.2. The van der Waals surface area contributed by atoms with Gasteiger partial charge >= 0.3 is 0 Å². The number of carbonyl (C=O) groups is 2. The first-order valence-electron chi connectivity index (χ1n) is 6.87. The van der Waals surface area contributed by atoms with Crippen molar-refractivity contribution in [3.8, 4) is 6.07 Å². The SMILES string of the molecule is N#CC(=Cc1ccccc1)C(=O)N1CCC(C(N)=O)CC1. The molecule has 1 saturated heterocycles. The second kappa shape index (κ2) is 6.71. The van der Waals surface area contributed by atoms with E-state index in [1.807, 2.05) is 36.4 Å². The van der Waals surface area contributed by atoms with Crippen LogP contribution in [0.1, 0.15) is 18.4 Å². The van der Waals surface area contributed by atoms with Crippen LogP contribution in [0.25, 0.3) is 6.08 Å². The third-order valence-electron chi connectivity index (χ3n) is 3.65. The molecule has 1 heterocycles. The molecule has 0 unspecified atom stereocenters. The largest absolute Gasteiger partial charge is 0.369 e. The Morgan fingerprint density at radius 1 is 1.24 bits per heavy atom. The number of nitriles is 1. The van der Waals surface area contributed by atoms with Gasteiger partial charge in [0.25, 0.3) is 5.91 Å². The number of piperidine rings is 1. The molecule has 1 aromatic rings. The second-order valence-corrected chi connectivity index (χ2v) is 5.05. The minimum Gasteiger partial charge on any atom is -0.369 e. The predicted molar refractivity (Wildman–Crippen MR) is 78.5 cm³/mol. The van der Waals surface area contributed by atoms with E-state index in [1.165, 1.54) is 0 Å². The van der Waals surface area contributed by atoms with E-state index in [2.05, 4.69) is 0 Å². The summed E-state index contributed by atoms with van der Waals surface area (Å²) in [5.74, 6) is -0.774. The molecule has 0 aliphatic carbocycles. The molecule has 1 aliphatic heterocycles. The Hall–Kier alpha value is -2.61. The Morgan fingerprint density at radius 3 is 2.38 bits per heavy atom. The Labute approximate surface area is 123 Å². The van der Waals surface area contributed by atoms with Crippen LogP contribution in [0.3, 0.4) is 0 Å². The van der Waals surface area contributed by atoms with E-state index < -0.39 is 0 Å². The molecule has 2 N–H and O–H groups in total. The van der Waals surface area contributed by atoms with Gasteiger partial charge in [0.2, 0.25) is 5.91 Å². The Morgan fingerprint density at radius 2 is 1.86 bits per heavy atom. The average Bonchev–Trinajstić information content (AvgIpc) is 2.53. The number of benzene rings is 1. The lowest BCUT2D eigenvalue weighted by molar-refractivity contribution is -0.131. The topological polar surface area (TPSA) is 87.2 Å². The fraction of sp³-hybridized carbons (Fsp3) is 0.312. The number of nitrogens with zero attached hydrogens (tertiary/aromatic N) is 2. The van der Waals surface area contributed by atoms with Crippen LogP contribution in [0.15, 0.2) is 35.9 Å². The first-order valence-corrected chi connectivity index (χ1v) is 6.87. The molecule has 1 aliphatic rings. The van der Waals surface area contributed by atoms with Gasteiger partial charge < -0.3 is 10.6 Å². The molecule has 21 heavy (non-hydrogen) atoms. The number of nitrogens with two attached hydrogens (primary N) is 1. The van der Waals surface area contributed by atoms with Crippen LogP contribution in [0.4, 0.5) is 0 Å². The zero-order valence-corrected chi connectivity index (χ0v) is 11.7. The van der Waals surface area contributed by atoms with Gasteiger partial charge in [-0.3, -0.25) is 9.59 Å². The van der Waals surface area contributed by atoms with E-state index >= 15 is 0 Å². The molecule has 2 amide bonds. The maximum atomic E-state index is 12.3. The van der Waals surface area contributed by atoms with Gasteiger partial charge in [-0.15, -0.1) is 0 Å². The highest BCUT2D eigenvalue weighted by molar-refractivity contribution is 6.01. The van der Waals surface area contributed by atoms with Crippen molar-refractivity contribution < 1.29 is 9.59 Å². The zero-order valence-electron chi connectivity index (χ0n) is 11.7. The fourth-order valence-electron chi connectivity index (χ4n) is 2.40. The maximum Gasteiger partial charge on any atom is 0.264 e. The van der Waals surface area contributed by atoms with E-state index in [9.17, 15) is 14.9 Å². The fourth-order valence-corrected chi connectivity index (χ4v) is 2.40. The molecule has 108 valence electrons. The lowest BCUT2D eigenvalue weighted by atomic mass is 9.96. The van der Waals surface area contributed by atoms with Gasteiger partial charge in [0.1, 0.15) is 11.6 Å². The highest BCUT2D eigenvalue weighted by Crippen LogP contribution is 2.19. The van der Waals surface area contributed by atoms with E-state index in [0.29, 0.717) is 25.9 Å². The van der Waals surface area contributed by atoms with Crippen LogP contribution in [-0.4, -0.2) is 29.8 Å². The molecule has 0 aromatic heterocycles.